The van der Waals surface area contributed by atoms with Gasteiger partial charge in [-0.3, -0.25) is 4.79 Å². The molecule has 13 heteroatoms. The molecule has 9 nitrogen and oxygen atoms in total. The van der Waals surface area contributed by atoms with Gasteiger partial charge in [0.15, 0.2) is 11.5 Å². The highest BCUT2D eigenvalue weighted by molar-refractivity contribution is 7.87. The minimum atomic E-state index is -4.92. The van der Waals surface area contributed by atoms with Crippen LogP contribution in [-0.4, -0.2) is 35.3 Å². The van der Waals surface area contributed by atoms with Crippen LogP contribution in [0.4, 0.5) is 13.2 Å². The maximum absolute atomic E-state index is 13.5. The second-order valence-corrected chi connectivity index (χ2v) is 9.22. The number of halogens is 3. The van der Waals surface area contributed by atoms with E-state index in [1.54, 1.807) is 0 Å². The Balaban J connectivity index is 2.03. The van der Waals surface area contributed by atoms with Gasteiger partial charge in [0.1, 0.15) is 22.6 Å². The normalized spacial score (nSPS) is 19.0. The van der Waals surface area contributed by atoms with Crippen molar-refractivity contribution in [2.75, 3.05) is 0 Å². The van der Waals surface area contributed by atoms with E-state index in [0.29, 0.717) is 18.8 Å². The van der Waals surface area contributed by atoms with Gasteiger partial charge in [-0.25, -0.2) is 4.98 Å². The monoisotopic (exact) mass is 486 g/mol. The summed E-state index contributed by atoms with van der Waals surface area (Å²) in [6.07, 6.45) is -1.68. The molecule has 0 N–H and O–H groups in total. The van der Waals surface area contributed by atoms with Crippen molar-refractivity contribution in [3.8, 4) is 17.8 Å². The summed E-state index contributed by atoms with van der Waals surface area (Å²) in [5.41, 5.74) is -2.21. The van der Waals surface area contributed by atoms with Crippen molar-refractivity contribution in [1.82, 2.24) is 14.8 Å². The first-order valence-corrected chi connectivity index (χ1v) is 11.6. The van der Waals surface area contributed by atoms with E-state index in [9.17, 15) is 31.6 Å². The van der Waals surface area contributed by atoms with Gasteiger partial charge in [-0.05, 0) is 37.3 Å². The minimum Gasteiger partial charge on any atom is -0.473 e. The van der Waals surface area contributed by atoms with E-state index in [4.69, 9.17) is 4.74 Å². The maximum Gasteiger partial charge on any atom is 0.436 e. The summed E-state index contributed by atoms with van der Waals surface area (Å²) in [7, 11) is -4.45. The SMILES string of the molecule is CCC(=O)OS(=O)(=O)c1ccc(-n2nc(C(F)(F)F)c(C#N)c2OC2CCCC(C)C2)nc1. The molecule has 2 heterocycles. The Morgan fingerprint density at radius 2 is 2.06 bits per heavy atom. The first-order chi connectivity index (χ1) is 15.5. The predicted octanol–water partition coefficient (Wildman–Crippen LogP) is 3.76. The molecule has 178 valence electrons. The second kappa shape index (κ2) is 9.38. The second-order valence-electron chi connectivity index (χ2n) is 7.68. The Morgan fingerprint density at radius 3 is 2.61 bits per heavy atom. The molecule has 0 bridgehead atoms. The Bertz CT molecular complexity index is 1170. The van der Waals surface area contributed by atoms with Gasteiger partial charge in [-0.2, -0.15) is 36.6 Å². The molecule has 1 aliphatic rings. The van der Waals surface area contributed by atoms with Crippen LogP contribution in [0, 0.1) is 17.2 Å². The molecule has 0 aliphatic heterocycles. The van der Waals surface area contributed by atoms with Crippen molar-refractivity contribution in [3.05, 3.63) is 29.6 Å². The van der Waals surface area contributed by atoms with Gasteiger partial charge in [0, 0.05) is 6.42 Å². The fourth-order valence-corrected chi connectivity index (χ4v) is 4.36. The Kier molecular flexibility index (Phi) is 6.97. The van der Waals surface area contributed by atoms with Crippen molar-refractivity contribution in [2.45, 2.75) is 63.1 Å². The van der Waals surface area contributed by atoms with E-state index < -0.39 is 50.4 Å². The zero-order chi connectivity index (χ0) is 24.4. The Morgan fingerprint density at radius 1 is 1.33 bits per heavy atom. The lowest BCUT2D eigenvalue weighted by Crippen LogP contribution is -2.25. The van der Waals surface area contributed by atoms with Crippen molar-refractivity contribution in [2.24, 2.45) is 5.92 Å². The van der Waals surface area contributed by atoms with Crippen LogP contribution in [0.1, 0.15) is 57.2 Å². The molecule has 3 rings (SSSR count). The summed E-state index contributed by atoms with van der Waals surface area (Å²) in [6, 6.07) is 3.60. The van der Waals surface area contributed by atoms with Gasteiger partial charge in [0.05, 0.1) is 6.20 Å². The van der Waals surface area contributed by atoms with Crippen LogP contribution in [0.5, 0.6) is 5.88 Å². The molecule has 2 aromatic rings. The third-order valence-electron chi connectivity index (χ3n) is 5.11. The fourth-order valence-electron chi connectivity index (χ4n) is 3.48. The fraction of sp³-hybridized carbons (Fsp3) is 0.500. The van der Waals surface area contributed by atoms with E-state index in [1.165, 1.54) is 13.0 Å². The summed E-state index contributed by atoms with van der Waals surface area (Å²) in [6.45, 7) is 3.42. The number of aromatic nitrogens is 3. The smallest absolute Gasteiger partial charge is 0.436 e. The van der Waals surface area contributed by atoms with Crippen molar-refractivity contribution in [1.29, 1.82) is 5.26 Å². The number of rotatable bonds is 6. The number of alkyl halides is 3. The predicted molar refractivity (Wildman–Crippen MR) is 107 cm³/mol. The van der Waals surface area contributed by atoms with Crippen LogP contribution >= 0.6 is 0 Å². The van der Waals surface area contributed by atoms with Crippen LogP contribution in [0.25, 0.3) is 5.82 Å². The molecule has 0 radical (unpaired) electrons. The average Bonchev–Trinajstić information content (AvgIpc) is 3.12. The summed E-state index contributed by atoms with van der Waals surface area (Å²) >= 11 is 0. The van der Waals surface area contributed by atoms with Crippen LogP contribution < -0.4 is 4.74 Å². The number of hydrogen-bond acceptors (Lipinski definition) is 8. The maximum atomic E-state index is 13.5. The summed E-state index contributed by atoms with van der Waals surface area (Å²) in [5.74, 6) is -1.29. The van der Waals surface area contributed by atoms with E-state index in [0.717, 1.165) is 35.9 Å². The van der Waals surface area contributed by atoms with Crippen LogP contribution in [0.15, 0.2) is 23.2 Å². The molecule has 0 amide bonds. The summed E-state index contributed by atoms with van der Waals surface area (Å²) < 4.78 is 75.8. The lowest BCUT2D eigenvalue weighted by molar-refractivity contribution is -0.141. The number of nitrogens with zero attached hydrogens (tertiary/aromatic N) is 4. The molecule has 1 aliphatic carbocycles. The van der Waals surface area contributed by atoms with E-state index in [2.05, 4.69) is 14.3 Å². The lowest BCUT2D eigenvalue weighted by atomic mass is 9.89. The zero-order valence-corrected chi connectivity index (χ0v) is 18.6. The molecule has 2 aromatic heterocycles. The van der Waals surface area contributed by atoms with Crippen molar-refractivity contribution in [3.63, 3.8) is 0 Å². The topological polar surface area (TPSA) is 124 Å². The van der Waals surface area contributed by atoms with Crippen molar-refractivity contribution >= 4 is 16.1 Å². The molecule has 33 heavy (non-hydrogen) atoms. The van der Waals surface area contributed by atoms with Crippen LogP contribution in [0.2, 0.25) is 0 Å². The van der Waals surface area contributed by atoms with Crippen LogP contribution in [-0.2, 0) is 25.3 Å². The van der Waals surface area contributed by atoms with Gasteiger partial charge in [-0.15, -0.1) is 0 Å². The lowest BCUT2D eigenvalue weighted by Gasteiger charge is -2.27. The van der Waals surface area contributed by atoms with Crippen LogP contribution in [0.3, 0.4) is 0 Å². The molecular formula is C20H21F3N4O5S. The summed E-state index contributed by atoms with van der Waals surface area (Å²) in [4.78, 5) is 14.7. The molecule has 0 spiro atoms. The average molecular weight is 486 g/mol. The van der Waals surface area contributed by atoms with Gasteiger partial charge in [0.25, 0.3) is 0 Å². The zero-order valence-electron chi connectivity index (χ0n) is 17.8. The van der Waals surface area contributed by atoms with E-state index >= 15 is 0 Å². The highest BCUT2D eigenvalue weighted by Crippen LogP contribution is 2.38. The number of hydrogen-bond donors (Lipinski definition) is 0. The third kappa shape index (κ3) is 5.44. The number of pyridine rings is 1. The van der Waals surface area contributed by atoms with Gasteiger partial charge >= 0.3 is 22.3 Å². The highest BCUT2D eigenvalue weighted by atomic mass is 32.2. The highest BCUT2D eigenvalue weighted by Gasteiger charge is 2.41. The van der Waals surface area contributed by atoms with Gasteiger partial charge in [-0.1, -0.05) is 20.3 Å². The molecule has 1 saturated carbocycles. The molecule has 2 atom stereocenters. The molecule has 0 aromatic carbocycles. The molecule has 1 fully saturated rings. The molecule has 0 saturated heterocycles. The summed E-state index contributed by atoms with van der Waals surface area (Å²) in [5, 5.41) is 12.9. The largest absolute Gasteiger partial charge is 0.473 e. The Hall–Kier alpha value is -3.14. The van der Waals surface area contributed by atoms with E-state index in [1.807, 2.05) is 6.92 Å². The van der Waals surface area contributed by atoms with E-state index in [-0.39, 0.29) is 12.2 Å². The molecule has 2 unspecified atom stereocenters. The van der Waals surface area contributed by atoms with Gasteiger partial charge in [0.2, 0.25) is 5.88 Å². The Labute approximate surface area is 188 Å². The first kappa shape index (κ1) is 24.5. The van der Waals surface area contributed by atoms with Gasteiger partial charge < -0.3 is 8.92 Å². The number of carbonyl (C=O) groups excluding carboxylic acids is 1. The number of nitriles is 1. The minimum absolute atomic E-state index is 0.171. The first-order valence-electron chi connectivity index (χ1n) is 10.2. The quantitative estimate of drug-likeness (QED) is 0.566. The number of carbonyl (C=O) groups is 1. The third-order valence-corrected chi connectivity index (χ3v) is 6.33. The standard InChI is InChI=1S/C20H21F3N4O5S/c1-3-17(28)32-33(29,30)14-7-8-16(25-11-14)27-19(31-13-6-4-5-12(2)9-13)15(10-24)18(26-27)20(21,22)23/h7-8,11-13H,3-6,9H2,1-2H3. The number of ether oxygens (including phenoxy) is 1. The molecular weight excluding hydrogens is 465 g/mol. The van der Waals surface area contributed by atoms with Crippen molar-refractivity contribution < 1.29 is 35.3 Å².